The van der Waals surface area contributed by atoms with Crippen LogP contribution >= 0.6 is 0 Å². The Morgan fingerprint density at radius 3 is 2.43 bits per heavy atom. The molecule has 1 aliphatic rings. The number of amides is 1. The van der Waals surface area contributed by atoms with E-state index in [-0.39, 0.29) is 12.1 Å². The standard InChI is InChI=1S/C17H30N4O2/c1-12(13-10-18-21(5)11-13)19-14-6-8-15(9-7-14)20-16(22)23-17(2,3)4/h10-12,14-15,19H,6-9H2,1-5H3,(H,20,22). The molecule has 2 rings (SSSR count). The summed E-state index contributed by atoms with van der Waals surface area (Å²) in [6.07, 6.45) is 7.74. The lowest BCUT2D eigenvalue weighted by Crippen LogP contribution is -2.44. The quantitative estimate of drug-likeness (QED) is 0.894. The Morgan fingerprint density at radius 2 is 1.91 bits per heavy atom. The molecule has 1 fully saturated rings. The maximum atomic E-state index is 11.8. The van der Waals surface area contributed by atoms with Gasteiger partial charge in [0.2, 0.25) is 0 Å². The zero-order valence-corrected chi connectivity index (χ0v) is 14.9. The summed E-state index contributed by atoms with van der Waals surface area (Å²) in [6.45, 7) is 7.82. The van der Waals surface area contributed by atoms with Gasteiger partial charge in [0, 0.05) is 36.9 Å². The van der Waals surface area contributed by atoms with Crippen LogP contribution in [0.2, 0.25) is 0 Å². The lowest BCUT2D eigenvalue weighted by atomic mass is 9.90. The van der Waals surface area contributed by atoms with Gasteiger partial charge in [-0.15, -0.1) is 0 Å². The van der Waals surface area contributed by atoms with Crippen molar-refractivity contribution in [3.05, 3.63) is 18.0 Å². The van der Waals surface area contributed by atoms with Gasteiger partial charge in [-0.1, -0.05) is 0 Å². The average Bonchev–Trinajstić information content (AvgIpc) is 2.85. The van der Waals surface area contributed by atoms with Crippen LogP contribution in [0.4, 0.5) is 4.79 Å². The van der Waals surface area contributed by atoms with Crippen molar-refractivity contribution in [3.63, 3.8) is 0 Å². The van der Waals surface area contributed by atoms with Crippen molar-refractivity contribution >= 4 is 6.09 Å². The summed E-state index contributed by atoms with van der Waals surface area (Å²) in [6, 6.07) is 1.00. The Kier molecular flexibility index (Phi) is 5.68. The number of carbonyl (C=O) groups excluding carboxylic acids is 1. The first-order valence-electron chi connectivity index (χ1n) is 8.47. The minimum atomic E-state index is -0.442. The summed E-state index contributed by atoms with van der Waals surface area (Å²) in [7, 11) is 1.93. The Bertz CT molecular complexity index is 513. The Hall–Kier alpha value is -1.56. The minimum absolute atomic E-state index is 0.219. The van der Waals surface area contributed by atoms with E-state index in [0.29, 0.717) is 12.1 Å². The molecule has 1 saturated carbocycles. The molecule has 1 unspecified atom stereocenters. The van der Waals surface area contributed by atoms with Crippen LogP contribution in [0.25, 0.3) is 0 Å². The second-order valence-electron chi connectivity index (χ2n) is 7.53. The van der Waals surface area contributed by atoms with Crippen LogP contribution in [0, 0.1) is 0 Å². The Labute approximate surface area is 139 Å². The van der Waals surface area contributed by atoms with Gasteiger partial charge >= 0.3 is 6.09 Å². The fraction of sp³-hybridized carbons (Fsp3) is 0.765. The fourth-order valence-corrected chi connectivity index (χ4v) is 2.99. The molecular formula is C17H30N4O2. The number of aryl methyl sites for hydroxylation is 1. The number of carbonyl (C=O) groups is 1. The van der Waals surface area contributed by atoms with Crippen LogP contribution in [0.3, 0.4) is 0 Å². The maximum Gasteiger partial charge on any atom is 0.407 e. The second-order valence-corrected chi connectivity index (χ2v) is 7.53. The first kappa shape index (κ1) is 17.8. The molecule has 1 aromatic heterocycles. The number of aromatic nitrogens is 2. The molecule has 0 spiro atoms. The molecule has 0 radical (unpaired) electrons. The predicted molar refractivity (Wildman–Crippen MR) is 90.2 cm³/mol. The summed E-state index contributed by atoms with van der Waals surface area (Å²) in [5.74, 6) is 0. The lowest BCUT2D eigenvalue weighted by molar-refractivity contribution is 0.0489. The van der Waals surface area contributed by atoms with Crippen LogP contribution in [-0.2, 0) is 11.8 Å². The number of nitrogens with one attached hydrogen (secondary N) is 2. The van der Waals surface area contributed by atoms with Crippen molar-refractivity contribution in [2.45, 2.75) is 77.1 Å². The number of rotatable bonds is 4. The molecule has 0 aliphatic heterocycles. The smallest absolute Gasteiger partial charge is 0.407 e. The van der Waals surface area contributed by atoms with E-state index in [1.807, 2.05) is 44.9 Å². The highest BCUT2D eigenvalue weighted by Crippen LogP contribution is 2.22. The van der Waals surface area contributed by atoms with Gasteiger partial charge in [-0.25, -0.2) is 4.79 Å². The van der Waals surface area contributed by atoms with Crippen molar-refractivity contribution < 1.29 is 9.53 Å². The van der Waals surface area contributed by atoms with Crippen LogP contribution in [0.5, 0.6) is 0 Å². The van der Waals surface area contributed by atoms with E-state index in [1.54, 1.807) is 0 Å². The zero-order valence-electron chi connectivity index (χ0n) is 14.9. The van der Waals surface area contributed by atoms with E-state index in [1.165, 1.54) is 5.56 Å². The number of alkyl carbamates (subject to hydrolysis) is 1. The van der Waals surface area contributed by atoms with Crippen LogP contribution in [-0.4, -0.2) is 33.6 Å². The number of hydrogen-bond acceptors (Lipinski definition) is 4. The molecule has 1 atom stereocenters. The van der Waals surface area contributed by atoms with Gasteiger partial charge < -0.3 is 15.4 Å². The molecule has 1 amide bonds. The van der Waals surface area contributed by atoms with E-state index in [0.717, 1.165) is 25.7 Å². The largest absolute Gasteiger partial charge is 0.444 e. The van der Waals surface area contributed by atoms with Gasteiger partial charge in [-0.05, 0) is 53.4 Å². The first-order valence-corrected chi connectivity index (χ1v) is 8.47. The summed E-state index contributed by atoms with van der Waals surface area (Å²) in [5, 5.41) is 10.9. The molecular weight excluding hydrogens is 292 g/mol. The van der Waals surface area contributed by atoms with Gasteiger partial charge in [-0.2, -0.15) is 5.10 Å². The van der Waals surface area contributed by atoms with Crippen molar-refractivity contribution in [1.82, 2.24) is 20.4 Å². The highest BCUT2D eigenvalue weighted by atomic mass is 16.6. The Morgan fingerprint density at radius 1 is 1.30 bits per heavy atom. The molecule has 6 heteroatoms. The normalized spacial score (nSPS) is 23.3. The molecule has 1 aromatic rings. The van der Waals surface area contributed by atoms with Crippen LogP contribution in [0.15, 0.2) is 12.4 Å². The second kappa shape index (κ2) is 7.34. The third-order valence-corrected chi connectivity index (χ3v) is 4.16. The van der Waals surface area contributed by atoms with E-state index in [9.17, 15) is 4.79 Å². The van der Waals surface area contributed by atoms with Crippen molar-refractivity contribution in [3.8, 4) is 0 Å². The summed E-state index contributed by atoms with van der Waals surface area (Å²) < 4.78 is 7.15. The highest BCUT2D eigenvalue weighted by molar-refractivity contribution is 5.68. The predicted octanol–water partition coefficient (Wildman–Crippen LogP) is 2.91. The van der Waals surface area contributed by atoms with E-state index in [2.05, 4.69) is 22.7 Å². The van der Waals surface area contributed by atoms with Gasteiger partial charge in [0.1, 0.15) is 5.60 Å². The molecule has 130 valence electrons. The van der Waals surface area contributed by atoms with E-state index in [4.69, 9.17) is 4.74 Å². The van der Waals surface area contributed by atoms with Crippen molar-refractivity contribution in [2.24, 2.45) is 7.05 Å². The van der Waals surface area contributed by atoms with Gasteiger partial charge in [-0.3, -0.25) is 4.68 Å². The lowest BCUT2D eigenvalue weighted by Gasteiger charge is -2.32. The summed E-state index contributed by atoms with van der Waals surface area (Å²) in [4.78, 5) is 11.8. The van der Waals surface area contributed by atoms with Crippen molar-refractivity contribution in [2.75, 3.05) is 0 Å². The van der Waals surface area contributed by atoms with Crippen LogP contribution in [0.1, 0.15) is 65.0 Å². The molecule has 0 bridgehead atoms. The molecule has 0 aromatic carbocycles. The SMILES string of the molecule is CC(NC1CCC(NC(=O)OC(C)(C)C)CC1)c1cnn(C)c1. The molecule has 2 N–H and O–H groups in total. The molecule has 1 aliphatic carbocycles. The van der Waals surface area contributed by atoms with Gasteiger partial charge in [0.15, 0.2) is 0 Å². The maximum absolute atomic E-state index is 11.8. The first-order chi connectivity index (χ1) is 10.7. The van der Waals surface area contributed by atoms with Gasteiger partial charge in [0.05, 0.1) is 6.20 Å². The third kappa shape index (κ3) is 5.86. The van der Waals surface area contributed by atoms with E-state index < -0.39 is 5.60 Å². The van der Waals surface area contributed by atoms with Crippen LogP contribution < -0.4 is 10.6 Å². The van der Waals surface area contributed by atoms with E-state index >= 15 is 0 Å². The Balaban J connectivity index is 1.72. The third-order valence-electron chi connectivity index (χ3n) is 4.16. The fourth-order valence-electron chi connectivity index (χ4n) is 2.99. The van der Waals surface area contributed by atoms with Crippen molar-refractivity contribution in [1.29, 1.82) is 0 Å². The monoisotopic (exact) mass is 322 g/mol. The summed E-state index contributed by atoms with van der Waals surface area (Å²) in [5.41, 5.74) is 0.767. The minimum Gasteiger partial charge on any atom is -0.444 e. The molecule has 23 heavy (non-hydrogen) atoms. The average molecular weight is 322 g/mol. The number of ether oxygens (including phenoxy) is 1. The highest BCUT2D eigenvalue weighted by Gasteiger charge is 2.25. The molecule has 6 nitrogen and oxygen atoms in total. The topological polar surface area (TPSA) is 68.2 Å². The van der Waals surface area contributed by atoms with Gasteiger partial charge in [0.25, 0.3) is 0 Å². The molecule has 1 heterocycles. The number of hydrogen-bond donors (Lipinski definition) is 2. The summed E-state index contributed by atoms with van der Waals surface area (Å²) >= 11 is 0. The number of nitrogens with zero attached hydrogens (tertiary/aromatic N) is 2. The molecule has 0 saturated heterocycles. The zero-order chi connectivity index (χ0) is 17.0.